The Balaban J connectivity index is 3.81. The van der Waals surface area contributed by atoms with Crippen molar-refractivity contribution >= 4 is 16.9 Å². The van der Waals surface area contributed by atoms with Crippen molar-refractivity contribution in [1.82, 2.24) is 5.32 Å². The van der Waals surface area contributed by atoms with Gasteiger partial charge in [-0.25, -0.2) is 4.79 Å². The quantitative estimate of drug-likeness (QED) is 0.781. The summed E-state index contributed by atoms with van der Waals surface area (Å²) >= 11 is 0. The lowest BCUT2D eigenvalue weighted by Gasteiger charge is -2.20. The van der Waals surface area contributed by atoms with Crippen LogP contribution < -0.4 is 5.32 Å². The summed E-state index contributed by atoms with van der Waals surface area (Å²) < 4.78 is 16.0. The van der Waals surface area contributed by atoms with Crippen molar-refractivity contribution in [2.24, 2.45) is 0 Å². The summed E-state index contributed by atoms with van der Waals surface area (Å²) in [5, 5.41) is 2.51. The Morgan fingerprint density at radius 1 is 1.50 bits per heavy atom. The first kappa shape index (κ1) is 13.4. The summed E-state index contributed by atoms with van der Waals surface area (Å²) in [5.74, 6) is 0. The maximum Gasteiger partial charge on any atom is 0.407 e. The first-order chi connectivity index (χ1) is 6.22. The molecule has 2 atom stereocenters. The van der Waals surface area contributed by atoms with Crippen LogP contribution in [0.15, 0.2) is 0 Å². The number of carbonyl (C=O) groups is 1. The summed E-state index contributed by atoms with van der Waals surface area (Å²) in [6, 6.07) is 0. The molecule has 0 saturated heterocycles. The SMILES string of the molecule is CC(CNC(=O)OC(C)(C)C)S(C)=O. The van der Waals surface area contributed by atoms with Gasteiger partial charge in [-0.2, -0.15) is 0 Å². The predicted octanol–water partition coefficient (Wildman–Crippen LogP) is 1.28. The van der Waals surface area contributed by atoms with E-state index in [9.17, 15) is 9.00 Å². The van der Waals surface area contributed by atoms with Crippen LogP contribution in [0.4, 0.5) is 4.79 Å². The van der Waals surface area contributed by atoms with Gasteiger partial charge >= 0.3 is 6.09 Å². The third kappa shape index (κ3) is 6.88. The molecule has 0 radical (unpaired) electrons. The fourth-order valence-corrected chi connectivity index (χ4v) is 0.977. The normalized spacial score (nSPS) is 15.8. The Labute approximate surface area is 87.9 Å². The lowest BCUT2D eigenvalue weighted by molar-refractivity contribution is 0.0528. The molecule has 0 saturated carbocycles. The topological polar surface area (TPSA) is 55.4 Å². The van der Waals surface area contributed by atoms with Gasteiger partial charge in [0.05, 0.1) is 0 Å². The number of amides is 1. The predicted molar refractivity (Wildman–Crippen MR) is 57.8 cm³/mol. The maximum absolute atomic E-state index is 11.2. The fraction of sp³-hybridized carbons (Fsp3) is 0.889. The number of hydrogen-bond acceptors (Lipinski definition) is 3. The van der Waals surface area contributed by atoms with E-state index in [0.717, 1.165) is 0 Å². The zero-order valence-electron chi connectivity index (χ0n) is 9.42. The highest BCUT2D eigenvalue weighted by atomic mass is 32.2. The van der Waals surface area contributed by atoms with E-state index in [4.69, 9.17) is 4.74 Å². The first-order valence-electron chi connectivity index (χ1n) is 4.51. The molecule has 1 amide bonds. The van der Waals surface area contributed by atoms with E-state index in [1.165, 1.54) is 0 Å². The highest BCUT2D eigenvalue weighted by Crippen LogP contribution is 2.06. The second kappa shape index (κ2) is 5.34. The molecule has 2 unspecified atom stereocenters. The summed E-state index contributed by atoms with van der Waals surface area (Å²) in [4.78, 5) is 11.2. The minimum Gasteiger partial charge on any atom is -0.444 e. The molecule has 0 spiro atoms. The highest BCUT2D eigenvalue weighted by Gasteiger charge is 2.16. The van der Waals surface area contributed by atoms with Crippen LogP contribution in [0.1, 0.15) is 27.7 Å². The average molecular weight is 221 g/mol. The molecule has 5 heteroatoms. The number of rotatable bonds is 3. The van der Waals surface area contributed by atoms with E-state index in [1.54, 1.807) is 27.0 Å². The molecule has 0 bridgehead atoms. The fourth-order valence-electron chi connectivity index (χ4n) is 0.659. The van der Waals surface area contributed by atoms with Crippen molar-refractivity contribution in [3.63, 3.8) is 0 Å². The number of nitrogens with one attached hydrogen (secondary N) is 1. The molecule has 0 fully saturated rings. The Hall–Kier alpha value is -0.580. The van der Waals surface area contributed by atoms with Crippen molar-refractivity contribution in [2.75, 3.05) is 12.8 Å². The third-order valence-electron chi connectivity index (χ3n) is 1.50. The number of ether oxygens (including phenoxy) is 1. The van der Waals surface area contributed by atoms with Gasteiger partial charge in [0.25, 0.3) is 0 Å². The van der Waals surface area contributed by atoms with E-state index in [1.807, 2.05) is 6.92 Å². The molecule has 0 aromatic rings. The van der Waals surface area contributed by atoms with Gasteiger partial charge in [-0.15, -0.1) is 0 Å². The summed E-state index contributed by atoms with van der Waals surface area (Å²) in [7, 11) is -0.920. The molecule has 0 aliphatic carbocycles. The molecule has 0 rings (SSSR count). The number of carbonyl (C=O) groups excluding carboxylic acids is 1. The first-order valence-corrected chi connectivity index (χ1v) is 6.13. The molecule has 0 heterocycles. The van der Waals surface area contributed by atoms with E-state index >= 15 is 0 Å². The summed E-state index contributed by atoms with van der Waals surface area (Å²) in [5.41, 5.74) is -0.487. The lowest BCUT2D eigenvalue weighted by atomic mass is 10.2. The van der Waals surface area contributed by atoms with Crippen molar-refractivity contribution in [1.29, 1.82) is 0 Å². The molecule has 0 aliphatic rings. The van der Waals surface area contributed by atoms with Crippen LogP contribution in [-0.2, 0) is 15.5 Å². The highest BCUT2D eigenvalue weighted by molar-refractivity contribution is 7.84. The van der Waals surface area contributed by atoms with Crippen molar-refractivity contribution in [3.05, 3.63) is 0 Å². The van der Waals surface area contributed by atoms with Gasteiger partial charge < -0.3 is 10.1 Å². The van der Waals surface area contributed by atoms with Crippen LogP contribution in [-0.4, -0.2) is 34.0 Å². The smallest absolute Gasteiger partial charge is 0.407 e. The van der Waals surface area contributed by atoms with Crippen LogP contribution in [0.2, 0.25) is 0 Å². The molecule has 0 aromatic heterocycles. The standard InChI is InChI=1S/C9H19NO3S/c1-7(14(5)12)6-10-8(11)13-9(2,3)4/h7H,6H2,1-5H3,(H,10,11). The van der Waals surface area contributed by atoms with E-state index < -0.39 is 22.5 Å². The molecule has 0 aromatic carbocycles. The van der Waals surface area contributed by atoms with Crippen molar-refractivity contribution < 1.29 is 13.7 Å². The molecule has 1 N–H and O–H groups in total. The van der Waals surface area contributed by atoms with E-state index in [2.05, 4.69) is 5.32 Å². The lowest BCUT2D eigenvalue weighted by Crippen LogP contribution is -2.37. The number of hydrogen-bond donors (Lipinski definition) is 1. The Bertz CT molecular complexity index is 223. The zero-order chi connectivity index (χ0) is 11.4. The van der Waals surface area contributed by atoms with Gasteiger partial charge in [-0.05, 0) is 27.7 Å². The third-order valence-corrected chi connectivity index (χ3v) is 2.80. The summed E-state index contributed by atoms with van der Waals surface area (Å²) in [6.07, 6.45) is 1.15. The minimum atomic E-state index is -0.920. The van der Waals surface area contributed by atoms with Crippen molar-refractivity contribution in [2.45, 2.75) is 38.5 Å². The largest absolute Gasteiger partial charge is 0.444 e. The number of alkyl carbamates (subject to hydrolysis) is 1. The van der Waals surface area contributed by atoms with Crippen LogP contribution >= 0.6 is 0 Å². The van der Waals surface area contributed by atoms with Gasteiger partial charge in [-0.3, -0.25) is 4.21 Å². The Morgan fingerprint density at radius 2 is 2.00 bits per heavy atom. The Morgan fingerprint density at radius 3 is 2.36 bits per heavy atom. The molecular formula is C9H19NO3S. The molecule has 4 nitrogen and oxygen atoms in total. The monoisotopic (exact) mass is 221 g/mol. The van der Waals surface area contributed by atoms with E-state index in [0.29, 0.717) is 6.54 Å². The van der Waals surface area contributed by atoms with Crippen LogP contribution in [0, 0.1) is 0 Å². The van der Waals surface area contributed by atoms with E-state index in [-0.39, 0.29) is 5.25 Å². The molecule has 0 aliphatic heterocycles. The van der Waals surface area contributed by atoms with Crippen molar-refractivity contribution in [3.8, 4) is 0 Å². The van der Waals surface area contributed by atoms with Crippen LogP contribution in [0.25, 0.3) is 0 Å². The Kier molecular flexibility index (Phi) is 5.12. The van der Waals surface area contributed by atoms with Gasteiger partial charge in [0.15, 0.2) is 0 Å². The second-order valence-electron chi connectivity index (χ2n) is 4.19. The van der Waals surface area contributed by atoms with Gasteiger partial charge in [0.1, 0.15) is 5.60 Å². The second-order valence-corrected chi connectivity index (χ2v) is 5.99. The van der Waals surface area contributed by atoms with Crippen LogP contribution in [0.3, 0.4) is 0 Å². The van der Waals surface area contributed by atoms with Gasteiger partial charge in [0.2, 0.25) is 0 Å². The average Bonchev–Trinajstić information content (AvgIpc) is 1.96. The van der Waals surface area contributed by atoms with Gasteiger partial charge in [-0.1, -0.05) is 0 Å². The van der Waals surface area contributed by atoms with Crippen LogP contribution in [0.5, 0.6) is 0 Å². The molecular weight excluding hydrogens is 202 g/mol. The minimum absolute atomic E-state index is 0.0532. The zero-order valence-corrected chi connectivity index (χ0v) is 10.2. The molecule has 84 valence electrons. The maximum atomic E-state index is 11.2. The summed E-state index contributed by atoms with van der Waals surface area (Å²) in [6.45, 7) is 7.58. The molecule has 14 heavy (non-hydrogen) atoms. The van der Waals surface area contributed by atoms with Gasteiger partial charge in [0, 0.05) is 28.9 Å².